The van der Waals surface area contributed by atoms with Gasteiger partial charge in [0.2, 0.25) is 0 Å². The normalized spacial score (nSPS) is 19.3. The summed E-state index contributed by atoms with van der Waals surface area (Å²) in [5, 5.41) is 0. The van der Waals surface area contributed by atoms with E-state index in [2.05, 4.69) is 0 Å². The number of allylic oxidation sites excluding steroid dienone is 1. The van der Waals surface area contributed by atoms with Crippen molar-refractivity contribution in [2.75, 3.05) is 36.2 Å². The summed E-state index contributed by atoms with van der Waals surface area (Å²) in [6.45, 7) is 5.70. The highest BCUT2D eigenvalue weighted by Gasteiger charge is 2.47. The van der Waals surface area contributed by atoms with E-state index in [1.165, 1.54) is 18.2 Å². The first-order chi connectivity index (χ1) is 20.1. The van der Waals surface area contributed by atoms with E-state index >= 15 is 0 Å². The van der Waals surface area contributed by atoms with Gasteiger partial charge in [-0.25, -0.2) is 18.8 Å². The third kappa shape index (κ3) is 5.28. The fraction of sp³-hybridized carbons (Fsp3) is 0.276. The van der Waals surface area contributed by atoms with Crippen LogP contribution in [0.3, 0.4) is 0 Å². The Hall–Kier alpha value is -4.13. The van der Waals surface area contributed by atoms with Crippen LogP contribution in [-0.2, 0) is 23.8 Å². The Morgan fingerprint density at radius 2 is 1.69 bits per heavy atom. The summed E-state index contributed by atoms with van der Waals surface area (Å²) in [6.07, 6.45) is 0.00728. The van der Waals surface area contributed by atoms with E-state index in [1.807, 2.05) is 0 Å². The van der Waals surface area contributed by atoms with Gasteiger partial charge in [-0.1, -0.05) is 34.8 Å². The van der Waals surface area contributed by atoms with Crippen molar-refractivity contribution < 1.29 is 38.2 Å². The van der Waals surface area contributed by atoms with Gasteiger partial charge >= 0.3 is 12.1 Å². The number of hydrogen-bond donors (Lipinski definition) is 1. The number of carbonyl (C=O) groups excluding carboxylic acids is 5. The van der Waals surface area contributed by atoms with Crippen LogP contribution in [0.4, 0.5) is 16.2 Å². The summed E-state index contributed by atoms with van der Waals surface area (Å²) in [5.41, 5.74) is 1.28. The average molecular weight is 614 g/mol. The van der Waals surface area contributed by atoms with Gasteiger partial charge in [0.05, 0.1) is 46.2 Å². The highest BCUT2D eigenvalue weighted by Crippen LogP contribution is 2.58. The topological polar surface area (TPSA) is 123 Å². The second kappa shape index (κ2) is 12.0. The van der Waals surface area contributed by atoms with E-state index in [1.54, 1.807) is 62.1 Å². The molecule has 3 heterocycles. The molecule has 220 valence electrons. The van der Waals surface area contributed by atoms with Crippen LogP contribution in [0.2, 0.25) is 0 Å². The Kier molecular flexibility index (Phi) is 8.39. The van der Waals surface area contributed by atoms with Gasteiger partial charge in [0.25, 0.3) is 17.7 Å². The number of fused-ring (bicyclic) bond motifs is 1. The van der Waals surface area contributed by atoms with Gasteiger partial charge in [0.15, 0.2) is 0 Å². The largest absolute Gasteiger partial charge is 0.459 e. The first-order valence-corrected chi connectivity index (χ1v) is 14.9. The number of hydrogen-bond acceptors (Lipinski definition) is 8. The van der Waals surface area contributed by atoms with Crippen molar-refractivity contribution in [2.24, 2.45) is 0 Å². The molecular formula is C29H28ClN3O8S. The smallest absolute Gasteiger partial charge is 0.418 e. The zero-order chi connectivity index (χ0) is 30.1. The van der Waals surface area contributed by atoms with E-state index < -0.39 is 41.1 Å². The Morgan fingerprint density at radius 1 is 1.05 bits per heavy atom. The number of amides is 4. The Bertz CT molecular complexity index is 1500. The maximum absolute atomic E-state index is 13.6. The molecule has 11 nitrogen and oxygen atoms in total. The molecule has 0 aromatic heterocycles. The van der Waals surface area contributed by atoms with Gasteiger partial charge in [0.1, 0.15) is 11.5 Å². The zero-order valence-corrected chi connectivity index (χ0v) is 24.7. The summed E-state index contributed by atoms with van der Waals surface area (Å²) >= 11 is 4.48. The SMILES string of the molecule is CCOC(=O)N(C1=C(C(=O)OC(C)C)[SH](N2C(=O)c3ccccc3C2=O)C(Cl)=C1)c1ccc(N2CCOCC2=O)cc1. The van der Waals surface area contributed by atoms with E-state index in [4.69, 9.17) is 25.8 Å². The lowest BCUT2D eigenvalue weighted by atomic mass is 10.1. The molecule has 0 radical (unpaired) electrons. The van der Waals surface area contributed by atoms with Crippen LogP contribution >= 0.6 is 22.7 Å². The average Bonchev–Trinajstić information content (AvgIpc) is 3.41. The lowest BCUT2D eigenvalue weighted by Gasteiger charge is -2.30. The van der Waals surface area contributed by atoms with Crippen molar-refractivity contribution in [3.8, 4) is 0 Å². The molecule has 13 heteroatoms. The standard InChI is InChI=1S/C29H28ClN3O8S/c1-4-40-29(38)32(19-11-9-18(10-12-19)31-13-14-39-16-24(31)34)22-15-23(30)42(25(22)28(37)41-17(2)3)33-26(35)20-7-5-6-8-21(20)27(33)36/h5-12,15,17,42H,4,13-14,16H2,1-3H3. The minimum absolute atomic E-state index is 0.0157. The molecule has 0 spiro atoms. The predicted octanol–water partition coefficient (Wildman–Crippen LogP) is 4.48. The Labute approximate surface area is 249 Å². The molecule has 1 fully saturated rings. The number of anilines is 2. The summed E-state index contributed by atoms with van der Waals surface area (Å²) in [5.74, 6) is -2.24. The van der Waals surface area contributed by atoms with Gasteiger partial charge in [-0.3, -0.25) is 14.4 Å². The maximum atomic E-state index is 13.6. The molecule has 4 amide bonds. The van der Waals surface area contributed by atoms with Crippen molar-refractivity contribution in [1.29, 1.82) is 0 Å². The van der Waals surface area contributed by atoms with Crippen molar-refractivity contribution in [3.63, 3.8) is 0 Å². The molecule has 3 aliphatic heterocycles. The number of carbonyl (C=O) groups is 5. The molecule has 2 aromatic rings. The Morgan fingerprint density at radius 3 is 2.26 bits per heavy atom. The molecule has 5 rings (SSSR count). The highest BCUT2D eigenvalue weighted by molar-refractivity contribution is 8.24. The molecule has 0 N–H and O–H groups in total. The third-order valence-electron chi connectivity index (χ3n) is 6.52. The molecule has 2 aromatic carbocycles. The molecule has 1 saturated heterocycles. The van der Waals surface area contributed by atoms with Crippen LogP contribution in [0.25, 0.3) is 0 Å². The maximum Gasteiger partial charge on any atom is 0.418 e. The summed E-state index contributed by atoms with van der Waals surface area (Å²) < 4.78 is 17.1. The Balaban J connectivity index is 1.62. The minimum Gasteiger partial charge on any atom is -0.459 e. The van der Waals surface area contributed by atoms with Crippen LogP contribution in [-0.4, -0.2) is 66.6 Å². The van der Waals surface area contributed by atoms with E-state index in [-0.39, 0.29) is 45.2 Å². The predicted molar refractivity (Wildman–Crippen MR) is 157 cm³/mol. The lowest BCUT2D eigenvalue weighted by Crippen LogP contribution is -2.41. The molecule has 1 unspecified atom stereocenters. The first kappa shape index (κ1) is 29.4. The molecule has 0 aliphatic carbocycles. The van der Waals surface area contributed by atoms with Gasteiger partial charge in [-0.15, -0.1) is 0 Å². The number of thiol groups is 1. The number of halogens is 1. The fourth-order valence-corrected chi connectivity index (χ4v) is 7.37. The monoisotopic (exact) mass is 613 g/mol. The second-order valence-electron chi connectivity index (χ2n) is 9.58. The van der Waals surface area contributed by atoms with E-state index in [0.29, 0.717) is 24.5 Å². The van der Waals surface area contributed by atoms with Gasteiger partial charge in [-0.05, 0) is 63.2 Å². The van der Waals surface area contributed by atoms with Gasteiger partial charge in [-0.2, -0.15) is 0 Å². The van der Waals surface area contributed by atoms with Crippen LogP contribution in [0.1, 0.15) is 41.5 Å². The van der Waals surface area contributed by atoms with Crippen LogP contribution in [0, 0.1) is 0 Å². The number of imide groups is 1. The van der Waals surface area contributed by atoms with Gasteiger partial charge < -0.3 is 19.1 Å². The third-order valence-corrected chi connectivity index (χ3v) is 9.24. The van der Waals surface area contributed by atoms with Crippen LogP contribution in [0.15, 0.2) is 69.6 Å². The number of morpholine rings is 1. The fourth-order valence-electron chi connectivity index (χ4n) is 4.75. The molecule has 0 bridgehead atoms. The molecular weight excluding hydrogens is 586 g/mol. The number of benzene rings is 2. The number of nitrogens with zero attached hydrogens (tertiary/aromatic N) is 3. The lowest BCUT2D eigenvalue weighted by molar-refractivity contribution is -0.141. The quantitative estimate of drug-likeness (QED) is 0.275. The molecule has 42 heavy (non-hydrogen) atoms. The molecule has 1 atom stereocenters. The summed E-state index contributed by atoms with van der Waals surface area (Å²) in [4.78, 5) is 68.9. The van der Waals surface area contributed by atoms with Gasteiger partial charge in [0, 0.05) is 12.2 Å². The number of ether oxygens (including phenoxy) is 3. The van der Waals surface area contributed by atoms with Crippen LogP contribution in [0.5, 0.6) is 0 Å². The minimum atomic E-state index is -2.23. The number of rotatable bonds is 7. The summed E-state index contributed by atoms with van der Waals surface area (Å²) in [6, 6.07) is 12.8. The van der Waals surface area contributed by atoms with Crippen molar-refractivity contribution in [3.05, 3.63) is 80.7 Å². The number of esters is 1. The zero-order valence-electron chi connectivity index (χ0n) is 23.0. The molecule has 0 saturated carbocycles. The van der Waals surface area contributed by atoms with Crippen molar-refractivity contribution in [1.82, 2.24) is 4.31 Å². The van der Waals surface area contributed by atoms with E-state index in [0.717, 1.165) is 9.21 Å². The van der Waals surface area contributed by atoms with Crippen molar-refractivity contribution in [2.45, 2.75) is 26.9 Å². The van der Waals surface area contributed by atoms with Crippen LogP contribution < -0.4 is 9.80 Å². The van der Waals surface area contributed by atoms with Crippen molar-refractivity contribution >= 4 is 63.8 Å². The highest BCUT2D eigenvalue weighted by atomic mass is 35.5. The molecule has 3 aliphatic rings. The van der Waals surface area contributed by atoms with E-state index in [9.17, 15) is 24.0 Å². The summed E-state index contributed by atoms with van der Waals surface area (Å²) in [7, 11) is 0. The second-order valence-corrected chi connectivity index (χ2v) is 12.2. The first-order valence-electron chi connectivity index (χ1n) is 13.2.